The van der Waals surface area contributed by atoms with Gasteiger partial charge in [0.2, 0.25) is 5.91 Å². The molecule has 1 N–H and O–H groups in total. The number of rotatable bonds is 7. The largest absolute Gasteiger partial charge is 0.325 e. The summed E-state index contributed by atoms with van der Waals surface area (Å²) in [5.41, 5.74) is 0.583. The summed E-state index contributed by atoms with van der Waals surface area (Å²) < 4.78 is 0. The van der Waals surface area contributed by atoms with E-state index in [-0.39, 0.29) is 12.2 Å². The van der Waals surface area contributed by atoms with Crippen LogP contribution in [0.25, 0.3) is 0 Å². The number of benzene rings is 1. The van der Waals surface area contributed by atoms with Crippen molar-refractivity contribution >= 4 is 28.7 Å². The van der Waals surface area contributed by atoms with E-state index in [0.717, 1.165) is 6.42 Å². The molecule has 22 heavy (non-hydrogen) atoms. The van der Waals surface area contributed by atoms with Crippen molar-refractivity contribution in [2.75, 3.05) is 5.32 Å². The Morgan fingerprint density at radius 3 is 2.59 bits per heavy atom. The number of para-hydroxylation sites is 1. The Labute approximate surface area is 133 Å². The van der Waals surface area contributed by atoms with Crippen molar-refractivity contribution < 1.29 is 9.59 Å². The van der Waals surface area contributed by atoms with Gasteiger partial charge in [-0.2, -0.15) is 5.26 Å². The Bertz CT molecular complexity index is 660. The number of carbonyl (C=O) groups excluding carboxylic acids is 2. The Morgan fingerprint density at radius 2 is 1.95 bits per heavy atom. The van der Waals surface area contributed by atoms with Crippen LogP contribution in [0.5, 0.6) is 0 Å². The minimum Gasteiger partial charge on any atom is -0.325 e. The normalized spacial score (nSPS) is 11.4. The maximum absolute atomic E-state index is 12.1. The molecule has 5 heteroatoms. The molecule has 0 aliphatic heterocycles. The van der Waals surface area contributed by atoms with Gasteiger partial charge in [-0.1, -0.05) is 24.3 Å². The molecule has 0 fully saturated rings. The van der Waals surface area contributed by atoms with E-state index in [1.165, 1.54) is 4.88 Å². The van der Waals surface area contributed by atoms with Gasteiger partial charge in [-0.15, -0.1) is 11.3 Å². The highest BCUT2D eigenvalue weighted by molar-refractivity contribution is 7.09. The summed E-state index contributed by atoms with van der Waals surface area (Å²) in [5, 5.41) is 13.7. The molecule has 112 valence electrons. The van der Waals surface area contributed by atoms with E-state index in [1.807, 2.05) is 23.6 Å². The third-order valence-electron chi connectivity index (χ3n) is 3.18. The van der Waals surface area contributed by atoms with Gasteiger partial charge in [0.1, 0.15) is 0 Å². The van der Waals surface area contributed by atoms with E-state index < -0.39 is 11.8 Å². The van der Waals surface area contributed by atoms with Gasteiger partial charge >= 0.3 is 0 Å². The summed E-state index contributed by atoms with van der Waals surface area (Å²) in [6.45, 7) is 0. The number of ketones is 1. The van der Waals surface area contributed by atoms with Gasteiger partial charge in [0.15, 0.2) is 11.7 Å². The number of nitrogens with one attached hydrogen (secondary N) is 1. The molecule has 2 aromatic rings. The molecule has 0 bridgehead atoms. The van der Waals surface area contributed by atoms with Crippen LogP contribution >= 0.6 is 11.3 Å². The Kier molecular flexibility index (Phi) is 5.87. The van der Waals surface area contributed by atoms with Crippen LogP contribution in [0.15, 0.2) is 47.8 Å². The lowest BCUT2D eigenvalue weighted by molar-refractivity contribution is -0.128. The highest BCUT2D eigenvalue weighted by Crippen LogP contribution is 2.14. The first kappa shape index (κ1) is 15.9. The van der Waals surface area contributed by atoms with Gasteiger partial charge in [-0.05, 0) is 36.4 Å². The number of nitriles is 1. The van der Waals surface area contributed by atoms with Gasteiger partial charge in [-0.3, -0.25) is 9.59 Å². The Balaban J connectivity index is 1.85. The maximum Gasteiger partial charge on any atom is 0.249 e. The summed E-state index contributed by atoms with van der Waals surface area (Å²) in [5.74, 6) is -2.13. The van der Waals surface area contributed by atoms with Crippen LogP contribution in [0.3, 0.4) is 0 Å². The average Bonchev–Trinajstić information content (AvgIpc) is 3.02. The second-order valence-corrected chi connectivity index (χ2v) is 5.85. The molecule has 1 aromatic heterocycles. The lowest BCUT2D eigenvalue weighted by atomic mass is 9.99. The van der Waals surface area contributed by atoms with E-state index >= 15 is 0 Å². The molecule has 0 saturated carbocycles. The van der Waals surface area contributed by atoms with Crippen LogP contribution in [0.1, 0.15) is 17.7 Å². The van der Waals surface area contributed by atoms with Crippen molar-refractivity contribution in [3.63, 3.8) is 0 Å². The van der Waals surface area contributed by atoms with Gasteiger partial charge in [0, 0.05) is 17.0 Å². The molecule has 2 rings (SSSR count). The van der Waals surface area contributed by atoms with Crippen molar-refractivity contribution in [2.24, 2.45) is 5.92 Å². The van der Waals surface area contributed by atoms with Crippen molar-refractivity contribution in [2.45, 2.75) is 19.3 Å². The number of hydrogen-bond acceptors (Lipinski definition) is 4. The van der Waals surface area contributed by atoms with Crippen molar-refractivity contribution in [1.29, 1.82) is 5.26 Å². The molecular formula is C17H16N2O2S. The van der Waals surface area contributed by atoms with Gasteiger partial charge in [0.25, 0.3) is 0 Å². The zero-order valence-corrected chi connectivity index (χ0v) is 12.8. The summed E-state index contributed by atoms with van der Waals surface area (Å²) in [6.07, 6.45) is 1.68. The predicted molar refractivity (Wildman–Crippen MR) is 86.4 cm³/mol. The molecule has 0 spiro atoms. The van der Waals surface area contributed by atoms with Crippen LogP contribution in [0.4, 0.5) is 5.69 Å². The smallest absolute Gasteiger partial charge is 0.249 e. The topological polar surface area (TPSA) is 70.0 Å². The molecule has 1 amide bonds. The molecule has 1 heterocycles. The first-order valence-electron chi connectivity index (χ1n) is 7.01. The summed E-state index contributed by atoms with van der Waals surface area (Å²) in [4.78, 5) is 25.3. The van der Waals surface area contributed by atoms with E-state index in [2.05, 4.69) is 5.32 Å². The first-order chi connectivity index (χ1) is 10.7. The lowest BCUT2D eigenvalue weighted by Crippen LogP contribution is -2.28. The fourth-order valence-corrected chi connectivity index (χ4v) is 2.80. The van der Waals surface area contributed by atoms with Crippen molar-refractivity contribution in [3.8, 4) is 6.07 Å². The van der Waals surface area contributed by atoms with Crippen LogP contribution < -0.4 is 5.32 Å². The number of carbonyl (C=O) groups is 2. The SMILES string of the molecule is N#CC(C(=O)CCCc1cccs1)C(=O)Nc1ccccc1. The molecule has 4 nitrogen and oxygen atoms in total. The first-order valence-corrected chi connectivity index (χ1v) is 7.89. The van der Waals surface area contributed by atoms with Gasteiger partial charge in [0.05, 0.1) is 6.07 Å². The minimum absolute atomic E-state index is 0.234. The maximum atomic E-state index is 12.1. The number of hydrogen-bond donors (Lipinski definition) is 1. The fourth-order valence-electron chi connectivity index (χ4n) is 2.05. The van der Waals surface area contributed by atoms with Crippen molar-refractivity contribution in [1.82, 2.24) is 0 Å². The summed E-state index contributed by atoms with van der Waals surface area (Å²) in [7, 11) is 0. The summed E-state index contributed by atoms with van der Waals surface area (Å²) in [6, 6.07) is 14.6. The standard InChI is InChI=1S/C17H16N2O2S/c18-12-15(17(21)19-13-6-2-1-3-7-13)16(20)10-4-8-14-9-5-11-22-14/h1-3,5-7,9,11,15H,4,8,10H2,(H,19,21). The zero-order chi connectivity index (χ0) is 15.8. The molecule has 0 aliphatic carbocycles. The predicted octanol–water partition coefficient (Wildman–Crippen LogP) is 3.42. The number of Topliss-reactive ketones (excluding diaryl/α,β-unsaturated/α-hetero) is 1. The minimum atomic E-state index is -1.25. The molecule has 1 atom stereocenters. The average molecular weight is 312 g/mol. The zero-order valence-electron chi connectivity index (χ0n) is 12.0. The monoisotopic (exact) mass is 312 g/mol. The van der Waals surface area contributed by atoms with Crippen molar-refractivity contribution in [3.05, 3.63) is 52.7 Å². The molecule has 0 saturated heterocycles. The third-order valence-corrected chi connectivity index (χ3v) is 4.12. The quantitative estimate of drug-likeness (QED) is 0.796. The van der Waals surface area contributed by atoms with Gasteiger partial charge in [-0.25, -0.2) is 0 Å². The fraction of sp³-hybridized carbons (Fsp3) is 0.235. The van der Waals surface area contributed by atoms with Crippen LogP contribution in [0, 0.1) is 17.2 Å². The number of thiophene rings is 1. The molecule has 0 aliphatic rings. The number of nitrogens with zero attached hydrogens (tertiary/aromatic N) is 1. The second kappa shape index (κ2) is 8.11. The van der Waals surface area contributed by atoms with Crippen LogP contribution in [-0.4, -0.2) is 11.7 Å². The van der Waals surface area contributed by atoms with Crippen LogP contribution in [-0.2, 0) is 16.0 Å². The Morgan fingerprint density at radius 1 is 1.18 bits per heavy atom. The molecule has 1 unspecified atom stereocenters. The van der Waals surface area contributed by atoms with E-state index in [0.29, 0.717) is 12.1 Å². The number of aryl methyl sites for hydroxylation is 1. The lowest BCUT2D eigenvalue weighted by Gasteiger charge is -2.09. The second-order valence-electron chi connectivity index (χ2n) is 4.82. The number of anilines is 1. The molecular weight excluding hydrogens is 296 g/mol. The van der Waals surface area contributed by atoms with E-state index in [1.54, 1.807) is 41.7 Å². The highest BCUT2D eigenvalue weighted by atomic mass is 32.1. The number of amides is 1. The van der Waals surface area contributed by atoms with E-state index in [4.69, 9.17) is 5.26 Å². The summed E-state index contributed by atoms with van der Waals surface area (Å²) >= 11 is 1.64. The van der Waals surface area contributed by atoms with Gasteiger partial charge < -0.3 is 5.32 Å². The molecule has 1 aromatic carbocycles. The Hall–Kier alpha value is -2.45. The van der Waals surface area contributed by atoms with Crippen LogP contribution in [0.2, 0.25) is 0 Å². The third kappa shape index (κ3) is 4.54. The highest BCUT2D eigenvalue weighted by Gasteiger charge is 2.25. The molecule has 0 radical (unpaired) electrons. The van der Waals surface area contributed by atoms with E-state index in [9.17, 15) is 9.59 Å².